The Morgan fingerprint density at radius 2 is 1.65 bits per heavy atom. The van der Waals surface area contributed by atoms with Crippen LogP contribution in [0.4, 0.5) is 0 Å². The molecule has 0 fully saturated rings. The van der Waals surface area contributed by atoms with E-state index in [2.05, 4.69) is 31.1 Å². The van der Waals surface area contributed by atoms with Gasteiger partial charge in [0.25, 0.3) is 5.91 Å². The van der Waals surface area contributed by atoms with Crippen LogP contribution in [0.3, 0.4) is 0 Å². The summed E-state index contributed by atoms with van der Waals surface area (Å²) in [6.07, 6.45) is -0.0550. The number of amides is 1. The standard InChI is InChI=1S/C24H30N2O5/c1-14-21(16(3)27)15(2)26-22(14)19(28)13-31-20(29)11-12-25-23(30)17-7-9-18(10-8-17)24(4,5)6/h7-10,26H,11-13H2,1-6H3,(H,25,30). The summed E-state index contributed by atoms with van der Waals surface area (Å²) < 4.78 is 5.02. The van der Waals surface area contributed by atoms with Crippen molar-refractivity contribution >= 4 is 23.4 Å². The van der Waals surface area contributed by atoms with Crippen molar-refractivity contribution in [1.29, 1.82) is 0 Å². The van der Waals surface area contributed by atoms with Crippen molar-refractivity contribution in [2.75, 3.05) is 13.2 Å². The summed E-state index contributed by atoms with van der Waals surface area (Å²) in [6.45, 7) is 10.8. The highest BCUT2D eigenvalue weighted by Crippen LogP contribution is 2.22. The molecule has 2 N–H and O–H groups in total. The molecule has 0 aliphatic rings. The number of carbonyl (C=O) groups is 4. The van der Waals surface area contributed by atoms with Crippen molar-refractivity contribution in [2.24, 2.45) is 0 Å². The number of ether oxygens (including phenoxy) is 1. The minimum Gasteiger partial charge on any atom is -0.457 e. The first-order chi connectivity index (χ1) is 14.4. The van der Waals surface area contributed by atoms with E-state index in [1.54, 1.807) is 26.0 Å². The Morgan fingerprint density at radius 3 is 2.16 bits per heavy atom. The van der Waals surface area contributed by atoms with Gasteiger partial charge in [0.15, 0.2) is 12.4 Å². The molecule has 1 heterocycles. The van der Waals surface area contributed by atoms with E-state index in [1.165, 1.54) is 6.92 Å². The molecule has 0 unspecified atom stereocenters. The number of nitrogens with one attached hydrogen (secondary N) is 2. The van der Waals surface area contributed by atoms with Crippen LogP contribution in [0.2, 0.25) is 0 Å². The number of aryl methyl sites for hydroxylation is 1. The number of carbonyl (C=O) groups excluding carboxylic acids is 4. The van der Waals surface area contributed by atoms with Gasteiger partial charge in [-0.15, -0.1) is 0 Å². The molecule has 1 aromatic carbocycles. The number of H-pyrrole nitrogens is 1. The summed E-state index contributed by atoms with van der Waals surface area (Å²) in [7, 11) is 0. The van der Waals surface area contributed by atoms with Crippen molar-refractivity contribution < 1.29 is 23.9 Å². The molecular formula is C24H30N2O5. The largest absolute Gasteiger partial charge is 0.457 e. The Morgan fingerprint density at radius 1 is 1.03 bits per heavy atom. The number of ketones is 2. The molecule has 2 rings (SSSR count). The maximum atomic E-state index is 12.3. The van der Waals surface area contributed by atoms with Gasteiger partial charge in [-0.25, -0.2) is 0 Å². The van der Waals surface area contributed by atoms with E-state index in [4.69, 9.17) is 4.74 Å². The van der Waals surface area contributed by atoms with Crippen LogP contribution in [0, 0.1) is 13.8 Å². The second kappa shape index (κ2) is 9.73. The van der Waals surface area contributed by atoms with Gasteiger partial charge in [-0.3, -0.25) is 19.2 Å². The number of Topliss-reactive ketones (excluding diaryl/α,β-unsaturated/α-hetero) is 2. The highest BCUT2D eigenvalue weighted by Gasteiger charge is 2.21. The number of aromatic nitrogens is 1. The highest BCUT2D eigenvalue weighted by atomic mass is 16.5. The predicted octanol–water partition coefficient (Wildman–Crippen LogP) is 3.68. The molecule has 7 nitrogen and oxygen atoms in total. The minimum absolute atomic E-state index is 0.00119. The Kier molecular flexibility index (Phi) is 7.55. The average molecular weight is 427 g/mol. The number of hydrogen-bond acceptors (Lipinski definition) is 5. The Labute approximate surface area is 182 Å². The molecule has 0 radical (unpaired) electrons. The lowest BCUT2D eigenvalue weighted by Crippen LogP contribution is -2.27. The smallest absolute Gasteiger partial charge is 0.308 e. The molecule has 0 saturated carbocycles. The Hall–Kier alpha value is -3.22. The highest BCUT2D eigenvalue weighted by molar-refractivity contribution is 6.04. The van der Waals surface area contributed by atoms with Crippen LogP contribution in [-0.4, -0.2) is 41.6 Å². The van der Waals surface area contributed by atoms with Gasteiger partial charge in [-0.2, -0.15) is 0 Å². The minimum atomic E-state index is -0.593. The maximum absolute atomic E-state index is 12.3. The lowest BCUT2D eigenvalue weighted by atomic mass is 9.87. The van der Waals surface area contributed by atoms with Gasteiger partial charge in [-0.05, 0) is 49.4 Å². The first-order valence-electron chi connectivity index (χ1n) is 10.2. The molecule has 0 saturated heterocycles. The predicted molar refractivity (Wildman–Crippen MR) is 118 cm³/mol. The Balaban J connectivity index is 1.81. The zero-order valence-electron chi connectivity index (χ0n) is 19.0. The monoisotopic (exact) mass is 426 g/mol. The second-order valence-corrected chi connectivity index (χ2v) is 8.60. The molecule has 2 aromatic rings. The van der Waals surface area contributed by atoms with Gasteiger partial charge in [0.1, 0.15) is 0 Å². The normalized spacial score (nSPS) is 11.2. The molecular weight excluding hydrogens is 396 g/mol. The topological polar surface area (TPSA) is 105 Å². The first-order valence-corrected chi connectivity index (χ1v) is 10.2. The van der Waals surface area contributed by atoms with Gasteiger partial charge in [0.05, 0.1) is 12.1 Å². The third-order valence-corrected chi connectivity index (χ3v) is 5.06. The number of benzene rings is 1. The van der Waals surface area contributed by atoms with Crippen LogP contribution in [0.1, 0.15) is 82.1 Å². The molecule has 0 aliphatic carbocycles. The van der Waals surface area contributed by atoms with Crippen molar-refractivity contribution in [3.8, 4) is 0 Å². The summed E-state index contributed by atoms with van der Waals surface area (Å²) in [4.78, 5) is 51.0. The van der Waals surface area contributed by atoms with Crippen LogP contribution in [-0.2, 0) is 14.9 Å². The molecule has 0 aliphatic heterocycles. The zero-order chi connectivity index (χ0) is 23.3. The number of hydrogen-bond donors (Lipinski definition) is 2. The fraction of sp³-hybridized carbons (Fsp3) is 0.417. The number of rotatable bonds is 8. The summed E-state index contributed by atoms with van der Waals surface area (Å²) in [5, 5.41) is 2.67. The zero-order valence-corrected chi connectivity index (χ0v) is 19.0. The molecule has 0 atom stereocenters. The molecule has 31 heavy (non-hydrogen) atoms. The van der Waals surface area contributed by atoms with Crippen molar-refractivity contribution in [3.05, 3.63) is 57.9 Å². The van der Waals surface area contributed by atoms with Crippen LogP contribution in [0.5, 0.6) is 0 Å². The van der Waals surface area contributed by atoms with Crippen LogP contribution >= 0.6 is 0 Å². The van der Waals surface area contributed by atoms with E-state index < -0.39 is 18.4 Å². The van der Waals surface area contributed by atoms with E-state index in [0.29, 0.717) is 22.4 Å². The second-order valence-electron chi connectivity index (χ2n) is 8.60. The fourth-order valence-corrected chi connectivity index (χ4v) is 3.35. The van der Waals surface area contributed by atoms with Crippen molar-refractivity contribution in [1.82, 2.24) is 10.3 Å². The third kappa shape index (κ3) is 6.13. The summed E-state index contributed by atoms with van der Waals surface area (Å²) in [6, 6.07) is 7.33. The van der Waals surface area contributed by atoms with Gasteiger partial charge >= 0.3 is 5.97 Å². The fourth-order valence-electron chi connectivity index (χ4n) is 3.35. The first kappa shape index (κ1) is 24.1. The SMILES string of the molecule is CC(=O)c1c(C)[nH]c(C(=O)COC(=O)CCNC(=O)c2ccc(C(C)(C)C)cc2)c1C. The van der Waals surface area contributed by atoms with Crippen LogP contribution in [0.15, 0.2) is 24.3 Å². The maximum Gasteiger partial charge on any atom is 0.308 e. The van der Waals surface area contributed by atoms with E-state index in [1.807, 2.05) is 12.1 Å². The molecule has 1 amide bonds. The van der Waals surface area contributed by atoms with Gasteiger partial charge in [0, 0.05) is 23.4 Å². The van der Waals surface area contributed by atoms with Crippen LogP contribution in [0.25, 0.3) is 0 Å². The van der Waals surface area contributed by atoms with E-state index in [-0.39, 0.29) is 35.8 Å². The van der Waals surface area contributed by atoms with Gasteiger partial charge < -0.3 is 15.0 Å². The van der Waals surface area contributed by atoms with Gasteiger partial charge in [0.2, 0.25) is 5.78 Å². The lowest BCUT2D eigenvalue weighted by Gasteiger charge is -2.19. The molecule has 166 valence electrons. The van der Waals surface area contributed by atoms with E-state index in [9.17, 15) is 19.2 Å². The molecule has 7 heteroatoms. The van der Waals surface area contributed by atoms with Crippen molar-refractivity contribution in [2.45, 2.75) is 53.4 Å². The molecule has 1 aromatic heterocycles. The Bertz CT molecular complexity index is 994. The summed E-state index contributed by atoms with van der Waals surface area (Å²) >= 11 is 0. The summed E-state index contributed by atoms with van der Waals surface area (Å²) in [5.41, 5.74) is 3.54. The number of esters is 1. The molecule has 0 bridgehead atoms. The third-order valence-electron chi connectivity index (χ3n) is 5.06. The quantitative estimate of drug-likeness (QED) is 0.495. The van der Waals surface area contributed by atoms with Crippen LogP contribution < -0.4 is 5.32 Å². The van der Waals surface area contributed by atoms with Crippen molar-refractivity contribution in [3.63, 3.8) is 0 Å². The number of aromatic amines is 1. The summed E-state index contributed by atoms with van der Waals surface area (Å²) in [5.74, 6) is -1.42. The molecule has 0 spiro atoms. The van der Waals surface area contributed by atoms with E-state index >= 15 is 0 Å². The average Bonchev–Trinajstić information content (AvgIpc) is 2.99. The lowest BCUT2D eigenvalue weighted by molar-refractivity contribution is -0.142. The van der Waals surface area contributed by atoms with Gasteiger partial charge in [-0.1, -0.05) is 32.9 Å². The van der Waals surface area contributed by atoms with E-state index in [0.717, 1.165) is 5.56 Å².